The highest BCUT2D eigenvalue weighted by Gasteiger charge is 2.14. The van der Waals surface area contributed by atoms with Crippen molar-refractivity contribution in [2.75, 3.05) is 13.0 Å². The van der Waals surface area contributed by atoms with E-state index in [9.17, 15) is 0 Å². The van der Waals surface area contributed by atoms with Gasteiger partial charge < -0.3 is 4.74 Å². The Morgan fingerprint density at radius 1 is 1.56 bits per heavy atom. The third kappa shape index (κ3) is 3.29. The first kappa shape index (κ1) is 9.54. The molecular formula is C6H12Cl2O. The lowest BCUT2D eigenvalue weighted by molar-refractivity contribution is 0.0999. The molecule has 0 aromatic heterocycles. The largest absolute Gasteiger partial charge is 0.380 e. The van der Waals surface area contributed by atoms with E-state index in [-0.39, 0.29) is 11.5 Å². The summed E-state index contributed by atoms with van der Waals surface area (Å²) in [7, 11) is 1.65. The minimum Gasteiger partial charge on any atom is -0.380 e. The van der Waals surface area contributed by atoms with Crippen LogP contribution < -0.4 is 0 Å². The third-order valence-corrected chi connectivity index (χ3v) is 2.18. The molecule has 0 aliphatic carbocycles. The maximum atomic E-state index is 5.77. The topological polar surface area (TPSA) is 9.23 Å². The molecule has 0 saturated heterocycles. The van der Waals surface area contributed by atoms with Crippen LogP contribution in [-0.4, -0.2) is 24.5 Å². The van der Waals surface area contributed by atoms with Gasteiger partial charge in [0.05, 0.1) is 11.5 Å². The first-order valence-corrected chi connectivity index (χ1v) is 3.96. The van der Waals surface area contributed by atoms with Gasteiger partial charge in [0.2, 0.25) is 0 Å². The van der Waals surface area contributed by atoms with E-state index in [1.54, 1.807) is 7.11 Å². The number of alkyl halides is 2. The smallest absolute Gasteiger partial charge is 0.0743 e. The number of ether oxygens (including phenoxy) is 1. The fourth-order valence-corrected chi connectivity index (χ4v) is 1.15. The molecule has 0 aromatic rings. The molecule has 0 saturated carbocycles. The molecule has 0 N–H and O–H groups in total. The van der Waals surface area contributed by atoms with Crippen LogP contribution in [0.1, 0.15) is 13.3 Å². The van der Waals surface area contributed by atoms with E-state index in [1.165, 1.54) is 0 Å². The molecule has 56 valence electrons. The van der Waals surface area contributed by atoms with Crippen LogP contribution in [0.5, 0.6) is 0 Å². The highest BCUT2D eigenvalue weighted by molar-refractivity contribution is 6.28. The maximum Gasteiger partial charge on any atom is 0.0743 e. The van der Waals surface area contributed by atoms with Gasteiger partial charge in [-0.05, 0) is 6.42 Å². The molecule has 0 fully saturated rings. The van der Waals surface area contributed by atoms with Gasteiger partial charge in [0.1, 0.15) is 0 Å². The van der Waals surface area contributed by atoms with Crippen molar-refractivity contribution in [2.45, 2.75) is 24.8 Å². The summed E-state index contributed by atoms with van der Waals surface area (Å²) >= 11 is 11.3. The second kappa shape index (κ2) is 5.33. The van der Waals surface area contributed by atoms with Crippen molar-refractivity contribution in [1.29, 1.82) is 0 Å². The summed E-state index contributed by atoms with van der Waals surface area (Å²) in [4.78, 5) is 0. The van der Waals surface area contributed by atoms with Crippen LogP contribution in [0.4, 0.5) is 0 Å². The summed E-state index contributed by atoms with van der Waals surface area (Å²) in [6.07, 6.45) is 1.02. The first-order chi connectivity index (χ1) is 4.26. The van der Waals surface area contributed by atoms with Gasteiger partial charge in [0.15, 0.2) is 0 Å². The third-order valence-electron chi connectivity index (χ3n) is 1.26. The normalized spacial score (nSPS) is 17.3. The van der Waals surface area contributed by atoms with Crippen molar-refractivity contribution in [1.82, 2.24) is 0 Å². The minimum absolute atomic E-state index is 0.0540. The molecule has 9 heavy (non-hydrogen) atoms. The maximum absolute atomic E-state index is 5.77. The average Bonchev–Trinajstić information content (AvgIpc) is 1.90. The lowest BCUT2D eigenvalue weighted by Gasteiger charge is -2.16. The van der Waals surface area contributed by atoms with Gasteiger partial charge in [-0.2, -0.15) is 0 Å². The highest BCUT2D eigenvalue weighted by atomic mass is 35.5. The summed E-state index contributed by atoms with van der Waals surface area (Å²) in [5, 5.41) is -0.0540. The number of halogens is 2. The standard InChI is InChI=1S/C6H12Cl2O/c1-3-6(9-2)5(8)4-7/h5-6H,3-4H2,1-2H3. The Hall–Kier alpha value is 0.540. The quantitative estimate of drug-likeness (QED) is 0.589. The van der Waals surface area contributed by atoms with Gasteiger partial charge in [-0.15, -0.1) is 23.2 Å². The molecule has 0 amide bonds. The van der Waals surface area contributed by atoms with Crippen LogP contribution in [0.25, 0.3) is 0 Å². The lowest BCUT2D eigenvalue weighted by atomic mass is 10.2. The average molecular weight is 171 g/mol. The Balaban J connectivity index is 3.50. The van der Waals surface area contributed by atoms with Gasteiger partial charge in [-0.25, -0.2) is 0 Å². The Morgan fingerprint density at radius 2 is 2.11 bits per heavy atom. The van der Waals surface area contributed by atoms with Crippen molar-refractivity contribution in [3.05, 3.63) is 0 Å². The predicted molar refractivity (Wildman–Crippen MR) is 41.4 cm³/mol. The fraction of sp³-hybridized carbons (Fsp3) is 1.00. The Labute approximate surface area is 66.3 Å². The molecule has 0 bridgehead atoms. The van der Waals surface area contributed by atoms with Gasteiger partial charge in [-0.3, -0.25) is 0 Å². The van der Waals surface area contributed by atoms with E-state index < -0.39 is 0 Å². The summed E-state index contributed by atoms with van der Waals surface area (Å²) in [6.45, 7) is 2.02. The molecule has 0 spiro atoms. The number of hydrogen-bond donors (Lipinski definition) is 0. The molecule has 2 unspecified atom stereocenters. The van der Waals surface area contributed by atoms with Crippen LogP contribution in [0, 0.1) is 0 Å². The van der Waals surface area contributed by atoms with E-state index in [0.717, 1.165) is 6.42 Å². The molecule has 0 rings (SSSR count). The number of methoxy groups -OCH3 is 1. The summed E-state index contributed by atoms with van der Waals surface area (Å²) in [5.41, 5.74) is 0. The van der Waals surface area contributed by atoms with Crippen molar-refractivity contribution < 1.29 is 4.74 Å². The minimum atomic E-state index is -0.0540. The van der Waals surface area contributed by atoms with Gasteiger partial charge in [0, 0.05) is 13.0 Å². The number of hydrogen-bond acceptors (Lipinski definition) is 1. The summed E-state index contributed by atoms with van der Waals surface area (Å²) < 4.78 is 5.04. The molecule has 0 aliphatic heterocycles. The molecule has 0 radical (unpaired) electrons. The van der Waals surface area contributed by atoms with Crippen LogP contribution >= 0.6 is 23.2 Å². The molecule has 3 heteroatoms. The Morgan fingerprint density at radius 3 is 2.22 bits per heavy atom. The van der Waals surface area contributed by atoms with Crippen molar-refractivity contribution in [2.24, 2.45) is 0 Å². The van der Waals surface area contributed by atoms with Gasteiger partial charge in [0.25, 0.3) is 0 Å². The van der Waals surface area contributed by atoms with E-state index in [1.807, 2.05) is 6.92 Å². The van der Waals surface area contributed by atoms with Crippen molar-refractivity contribution in [3.63, 3.8) is 0 Å². The highest BCUT2D eigenvalue weighted by Crippen LogP contribution is 2.10. The predicted octanol–water partition coefficient (Wildman–Crippen LogP) is 2.26. The zero-order chi connectivity index (χ0) is 7.28. The van der Waals surface area contributed by atoms with Gasteiger partial charge >= 0.3 is 0 Å². The fourth-order valence-electron chi connectivity index (χ4n) is 0.669. The van der Waals surface area contributed by atoms with Crippen molar-refractivity contribution >= 4 is 23.2 Å². The van der Waals surface area contributed by atoms with Crippen LogP contribution in [-0.2, 0) is 4.74 Å². The van der Waals surface area contributed by atoms with Crippen LogP contribution in [0.3, 0.4) is 0 Å². The SMILES string of the molecule is CCC(OC)C(Cl)CCl. The van der Waals surface area contributed by atoms with Crippen LogP contribution in [0.2, 0.25) is 0 Å². The second-order valence-electron chi connectivity index (χ2n) is 1.85. The van der Waals surface area contributed by atoms with E-state index in [2.05, 4.69) is 0 Å². The Bertz CT molecular complexity index is 64.1. The molecule has 0 aromatic carbocycles. The second-order valence-corrected chi connectivity index (χ2v) is 2.72. The van der Waals surface area contributed by atoms with Crippen LogP contribution in [0.15, 0.2) is 0 Å². The monoisotopic (exact) mass is 170 g/mol. The molecule has 0 heterocycles. The zero-order valence-corrected chi connectivity index (χ0v) is 7.24. The Kier molecular flexibility index (Phi) is 5.65. The molecule has 1 nitrogen and oxygen atoms in total. The molecule has 0 aliphatic rings. The zero-order valence-electron chi connectivity index (χ0n) is 5.73. The molecular weight excluding hydrogens is 159 g/mol. The molecule has 2 atom stereocenters. The lowest BCUT2D eigenvalue weighted by Crippen LogP contribution is -2.23. The van der Waals surface area contributed by atoms with Gasteiger partial charge in [-0.1, -0.05) is 6.92 Å². The summed E-state index contributed by atoms with van der Waals surface area (Å²) in [6, 6.07) is 0. The first-order valence-electron chi connectivity index (χ1n) is 2.99. The van der Waals surface area contributed by atoms with E-state index in [4.69, 9.17) is 27.9 Å². The van der Waals surface area contributed by atoms with E-state index >= 15 is 0 Å². The van der Waals surface area contributed by atoms with Crippen molar-refractivity contribution in [3.8, 4) is 0 Å². The summed E-state index contributed by atoms with van der Waals surface area (Å²) in [5.74, 6) is 0.452. The van der Waals surface area contributed by atoms with E-state index in [0.29, 0.717) is 5.88 Å². The number of rotatable bonds is 4.